The van der Waals surface area contributed by atoms with Crippen LogP contribution in [0.15, 0.2) is 24.7 Å². The normalized spacial score (nSPS) is 18.0. The smallest absolute Gasteiger partial charge is 0.233 e. The van der Waals surface area contributed by atoms with Gasteiger partial charge in [-0.3, -0.25) is 0 Å². The standard InChI is InChI=1S/C17H22FN5O/c1-17(2,3)14-4-5-15(22-21-14)24-10-12-6-7-23(9-12)16-13(18)8-19-11-20-16/h4-5,8,11-12H,6-7,9-10H2,1-3H3. The average Bonchev–Trinajstić information content (AvgIpc) is 3.02. The Morgan fingerprint density at radius 3 is 2.79 bits per heavy atom. The molecule has 0 amide bonds. The lowest BCUT2D eigenvalue weighted by Crippen LogP contribution is -2.24. The molecule has 6 nitrogen and oxygen atoms in total. The number of anilines is 1. The Hall–Kier alpha value is -2.31. The minimum absolute atomic E-state index is 0.0287. The van der Waals surface area contributed by atoms with Gasteiger partial charge in [-0.15, -0.1) is 5.10 Å². The van der Waals surface area contributed by atoms with Gasteiger partial charge in [0.25, 0.3) is 0 Å². The second-order valence-corrected chi connectivity index (χ2v) is 7.11. The van der Waals surface area contributed by atoms with E-state index in [9.17, 15) is 4.39 Å². The van der Waals surface area contributed by atoms with Gasteiger partial charge in [0.05, 0.1) is 18.5 Å². The SMILES string of the molecule is CC(C)(C)c1ccc(OCC2CCN(c3ncncc3F)C2)nn1. The first-order valence-corrected chi connectivity index (χ1v) is 8.11. The van der Waals surface area contributed by atoms with Crippen molar-refractivity contribution in [3.05, 3.63) is 36.2 Å². The second kappa shape index (κ2) is 6.67. The van der Waals surface area contributed by atoms with E-state index in [0.717, 1.165) is 18.7 Å². The van der Waals surface area contributed by atoms with Crippen molar-refractivity contribution < 1.29 is 9.13 Å². The minimum atomic E-state index is -0.386. The maximum Gasteiger partial charge on any atom is 0.233 e. The summed E-state index contributed by atoms with van der Waals surface area (Å²) in [6.45, 7) is 8.29. The van der Waals surface area contributed by atoms with Crippen molar-refractivity contribution in [3.63, 3.8) is 0 Å². The molecule has 0 spiro atoms. The summed E-state index contributed by atoms with van der Waals surface area (Å²) >= 11 is 0. The first-order valence-electron chi connectivity index (χ1n) is 8.11. The van der Waals surface area contributed by atoms with E-state index in [1.54, 1.807) is 0 Å². The molecule has 1 aliphatic heterocycles. The van der Waals surface area contributed by atoms with E-state index in [-0.39, 0.29) is 11.2 Å². The zero-order chi connectivity index (χ0) is 17.2. The molecule has 2 aromatic heterocycles. The molecule has 0 saturated carbocycles. The van der Waals surface area contributed by atoms with Crippen molar-refractivity contribution in [1.82, 2.24) is 20.2 Å². The molecular formula is C17H22FN5O. The predicted octanol–water partition coefficient (Wildman–Crippen LogP) is 2.61. The third-order valence-electron chi connectivity index (χ3n) is 4.11. The fourth-order valence-electron chi connectivity index (χ4n) is 2.70. The van der Waals surface area contributed by atoms with E-state index in [1.807, 2.05) is 17.0 Å². The summed E-state index contributed by atoms with van der Waals surface area (Å²) in [6.07, 6.45) is 3.49. The maximum absolute atomic E-state index is 13.7. The number of rotatable bonds is 4. The Morgan fingerprint density at radius 1 is 1.29 bits per heavy atom. The molecule has 0 aromatic carbocycles. The molecule has 1 aliphatic rings. The molecule has 0 aliphatic carbocycles. The van der Waals surface area contributed by atoms with Crippen LogP contribution in [0.3, 0.4) is 0 Å². The highest BCUT2D eigenvalue weighted by Crippen LogP contribution is 2.25. The van der Waals surface area contributed by atoms with Crippen LogP contribution in [-0.4, -0.2) is 39.9 Å². The third-order valence-corrected chi connectivity index (χ3v) is 4.11. The second-order valence-electron chi connectivity index (χ2n) is 7.11. The van der Waals surface area contributed by atoms with E-state index in [0.29, 0.717) is 30.8 Å². The fourth-order valence-corrected chi connectivity index (χ4v) is 2.70. The van der Waals surface area contributed by atoms with E-state index in [2.05, 4.69) is 40.9 Å². The summed E-state index contributed by atoms with van der Waals surface area (Å²) in [6, 6.07) is 3.80. The number of nitrogens with zero attached hydrogens (tertiary/aromatic N) is 5. The molecule has 3 rings (SSSR count). The van der Waals surface area contributed by atoms with Crippen LogP contribution in [0.4, 0.5) is 10.2 Å². The van der Waals surface area contributed by atoms with Crippen LogP contribution < -0.4 is 9.64 Å². The fraction of sp³-hybridized carbons (Fsp3) is 0.529. The topological polar surface area (TPSA) is 64.0 Å². The lowest BCUT2D eigenvalue weighted by Gasteiger charge is -2.18. The van der Waals surface area contributed by atoms with Gasteiger partial charge >= 0.3 is 0 Å². The Bertz CT molecular complexity index is 686. The number of ether oxygens (including phenoxy) is 1. The predicted molar refractivity (Wildman–Crippen MR) is 88.5 cm³/mol. The minimum Gasteiger partial charge on any atom is -0.476 e. The molecule has 2 aromatic rings. The highest BCUT2D eigenvalue weighted by Gasteiger charge is 2.26. The number of hydrogen-bond donors (Lipinski definition) is 0. The van der Waals surface area contributed by atoms with Gasteiger partial charge in [0.15, 0.2) is 11.6 Å². The number of aromatic nitrogens is 4. The van der Waals surface area contributed by atoms with Crippen LogP contribution in [0.1, 0.15) is 32.9 Å². The van der Waals surface area contributed by atoms with E-state index in [4.69, 9.17) is 4.74 Å². The van der Waals surface area contributed by atoms with Crippen molar-refractivity contribution in [2.75, 3.05) is 24.6 Å². The van der Waals surface area contributed by atoms with Crippen LogP contribution >= 0.6 is 0 Å². The molecule has 1 atom stereocenters. The van der Waals surface area contributed by atoms with Crippen LogP contribution in [0.25, 0.3) is 0 Å². The third kappa shape index (κ3) is 3.77. The Morgan fingerprint density at radius 2 is 2.12 bits per heavy atom. The molecule has 3 heterocycles. The van der Waals surface area contributed by atoms with Crippen molar-refractivity contribution in [1.29, 1.82) is 0 Å². The lowest BCUT2D eigenvalue weighted by atomic mass is 9.92. The molecule has 1 fully saturated rings. The summed E-state index contributed by atoms with van der Waals surface area (Å²) in [5.74, 6) is 0.808. The number of hydrogen-bond acceptors (Lipinski definition) is 6. The van der Waals surface area contributed by atoms with Gasteiger partial charge < -0.3 is 9.64 Å². The molecule has 0 N–H and O–H groups in total. The quantitative estimate of drug-likeness (QED) is 0.858. The Kier molecular flexibility index (Phi) is 4.59. The zero-order valence-electron chi connectivity index (χ0n) is 14.2. The largest absolute Gasteiger partial charge is 0.476 e. The van der Waals surface area contributed by atoms with Crippen LogP contribution in [0.5, 0.6) is 5.88 Å². The van der Waals surface area contributed by atoms with Gasteiger partial charge in [-0.25, -0.2) is 14.4 Å². The van der Waals surface area contributed by atoms with E-state index >= 15 is 0 Å². The molecule has 128 valence electrons. The lowest BCUT2D eigenvalue weighted by molar-refractivity contribution is 0.249. The molecule has 1 unspecified atom stereocenters. The molecule has 0 bridgehead atoms. The van der Waals surface area contributed by atoms with Crippen molar-refractivity contribution in [2.45, 2.75) is 32.6 Å². The Balaban J connectivity index is 1.54. The van der Waals surface area contributed by atoms with Gasteiger partial charge in [-0.2, -0.15) is 5.10 Å². The summed E-state index contributed by atoms with van der Waals surface area (Å²) < 4.78 is 19.5. The monoisotopic (exact) mass is 331 g/mol. The summed E-state index contributed by atoms with van der Waals surface area (Å²) in [4.78, 5) is 9.64. The van der Waals surface area contributed by atoms with Crippen LogP contribution in [0.2, 0.25) is 0 Å². The van der Waals surface area contributed by atoms with Gasteiger partial charge in [0, 0.05) is 30.5 Å². The Labute approximate surface area is 141 Å². The van der Waals surface area contributed by atoms with Gasteiger partial charge in [-0.05, 0) is 12.5 Å². The summed E-state index contributed by atoms with van der Waals surface area (Å²) in [5, 5.41) is 8.35. The van der Waals surface area contributed by atoms with Crippen LogP contribution in [0, 0.1) is 11.7 Å². The first-order chi connectivity index (χ1) is 11.4. The van der Waals surface area contributed by atoms with Crippen LogP contribution in [-0.2, 0) is 5.41 Å². The number of halogens is 1. The van der Waals surface area contributed by atoms with E-state index in [1.165, 1.54) is 12.5 Å². The summed E-state index contributed by atoms with van der Waals surface area (Å²) in [5.41, 5.74) is 0.903. The summed E-state index contributed by atoms with van der Waals surface area (Å²) in [7, 11) is 0. The van der Waals surface area contributed by atoms with Gasteiger partial charge in [0.2, 0.25) is 5.88 Å². The molecule has 1 saturated heterocycles. The van der Waals surface area contributed by atoms with Crippen molar-refractivity contribution >= 4 is 5.82 Å². The zero-order valence-corrected chi connectivity index (χ0v) is 14.2. The van der Waals surface area contributed by atoms with Gasteiger partial charge in [0.1, 0.15) is 6.33 Å². The molecule has 24 heavy (non-hydrogen) atoms. The first kappa shape index (κ1) is 16.5. The molecular weight excluding hydrogens is 309 g/mol. The van der Waals surface area contributed by atoms with Crippen molar-refractivity contribution in [3.8, 4) is 5.88 Å². The van der Waals surface area contributed by atoms with E-state index < -0.39 is 0 Å². The maximum atomic E-state index is 13.7. The van der Waals surface area contributed by atoms with Crippen molar-refractivity contribution in [2.24, 2.45) is 5.92 Å². The highest BCUT2D eigenvalue weighted by molar-refractivity contribution is 5.39. The molecule has 0 radical (unpaired) electrons. The molecule has 7 heteroatoms. The van der Waals surface area contributed by atoms with Gasteiger partial charge in [-0.1, -0.05) is 20.8 Å². The highest BCUT2D eigenvalue weighted by atomic mass is 19.1. The average molecular weight is 331 g/mol.